The molecule has 0 unspecified atom stereocenters. The van der Waals surface area contributed by atoms with Gasteiger partial charge in [0.25, 0.3) is 0 Å². The van der Waals surface area contributed by atoms with Crippen molar-refractivity contribution in [2.45, 2.75) is 70.6 Å². The van der Waals surface area contributed by atoms with Crippen molar-refractivity contribution >= 4 is 17.6 Å². The van der Waals surface area contributed by atoms with E-state index in [1.165, 1.54) is 38.5 Å². The maximum Gasteiger partial charge on any atom is 0.244 e. The van der Waals surface area contributed by atoms with Crippen LogP contribution in [0.4, 0.5) is 0 Å². The van der Waals surface area contributed by atoms with E-state index in [1.807, 2.05) is 0 Å². The van der Waals surface area contributed by atoms with Crippen LogP contribution in [0.25, 0.3) is 0 Å². The summed E-state index contributed by atoms with van der Waals surface area (Å²) in [6, 6.07) is 0. The molecule has 0 saturated heterocycles. The molecule has 6 nitrogen and oxygen atoms in total. The fourth-order valence-corrected chi connectivity index (χ4v) is 2.39. The molecule has 0 aromatic rings. The third kappa shape index (κ3) is 16.7. The molecule has 0 aliphatic rings. The summed E-state index contributed by atoms with van der Waals surface area (Å²) in [5.41, 5.74) is 10.2. The summed E-state index contributed by atoms with van der Waals surface area (Å²) in [5.74, 6) is -0.730. The van der Waals surface area contributed by atoms with Gasteiger partial charge in [-0.2, -0.15) is 0 Å². The van der Waals surface area contributed by atoms with Gasteiger partial charge in [0.1, 0.15) is 5.78 Å². The number of primary amides is 1. The summed E-state index contributed by atoms with van der Waals surface area (Å²) < 4.78 is 0. The molecule has 0 rings (SSSR count). The van der Waals surface area contributed by atoms with Crippen LogP contribution >= 0.6 is 0 Å². The molecule has 2 amide bonds. The van der Waals surface area contributed by atoms with Crippen LogP contribution in [-0.4, -0.2) is 30.7 Å². The van der Waals surface area contributed by atoms with Gasteiger partial charge in [0, 0.05) is 25.1 Å². The summed E-state index contributed by atoms with van der Waals surface area (Å²) in [5, 5.41) is 2.72. The zero-order valence-corrected chi connectivity index (χ0v) is 14.7. The standard InChI is InChI=1S/C18H33N3O3/c19-15-16(22)11-9-7-5-3-1-2-4-6-8-10-14-21-18(24)13-12-17(20)23/h12-13H,1-11,14-15,19H2,(H2,20,23)(H,21,24)/b13-12+. The molecule has 0 bridgehead atoms. The number of hydrogen-bond acceptors (Lipinski definition) is 4. The third-order valence-corrected chi connectivity index (χ3v) is 3.81. The Hall–Kier alpha value is -1.69. The number of hydrogen-bond donors (Lipinski definition) is 3. The van der Waals surface area contributed by atoms with E-state index in [0.29, 0.717) is 13.0 Å². The Morgan fingerprint density at radius 2 is 1.25 bits per heavy atom. The number of rotatable bonds is 16. The van der Waals surface area contributed by atoms with Crippen molar-refractivity contribution in [3.63, 3.8) is 0 Å². The molecular weight excluding hydrogens is 306 g/mol. The number of unbranched alkanes of at least 4 members (excludes halogenated alkanes) is 9. The number of ketones is 1. The SMILES string of the molecule is NCC(=O)CCCCCCCCCCCCNC(=O)/C=C/C(N)=O. The van der Waals surface area contributed by atoms with Gasteiger partial charge in [-0.1, -0.05) is 51.4 Å². The van der Waals surface area contributed by atoms with Crippen molar-refractivity contribution < 1.29 is 14.4 Å². The van der Waals surface area contributed by atoms with Crippen LogP contribution < -0.4 is 16.8 Å². The lowest BCUT2D eigenvalue weighted by molar-refractivity contribution is -0.118. The van der Waals surface area contributed by atoms with E-state index in [0.717, 1.165) is 37.8 Å². The van der Waals surface area contributed by atoms with Crippen LogP contribution in [-0.2, 0) is 14.4 Å². The number of Topliss-reactive ketones (excluding diaryl/α,β-unsaturated/α-hetero) is 1. The van der Waals surface area contributed by atoms with Gasteiger partial charge >= 0.3 is 0 Å². The Labute approximate surface area is 145 Å². The van der Waals surface area contributed by atoms with Crippen molar-refractivity contribution in [1.29, 1.82) is 0 Å². The monoisotopic (exact) mass is 339 g/mol. The predicted octanol–water partition coefficient (Wildman–Crippen LogP) is 1.96. The fourth-order valence-electron chi connectivity index (χ4n) is 2.39. The number of amides is 2. The quantitative estimate of drug-likeness (QED) is 0.294. The highest BCUT2D eigenvalue weighted by Gasteiger charge is 1.98. The molecule has 24 heavy (non-hydrogen) atoms. The van der Waals surface area contributed by atoms with Gasteiger partial charge in [-0.25, -0.2) is 0 Å². The average Bonchev–Trinajstić information content (AvgIpc) is 2.56. The first-order valence-electron chi connectivity index (χ1n) is 9.03. The molecule has 0 aromatic carbocycles. The smallest absolute Gasteiger partial charge is 0.244 e. The van der Waals surface area contributed by atoms with Crippen LogP contribution in [0.2, 0.25) is 0 Å². The zero-order valence-electron chi connectivity index (χ0n) is 14.7. The molecule has 0 radical (unpaired) electrons. The van der Waals surface area contributed by atoms with E-state index in [2.05, 4.69) is 5.32 Å². The third-order valence-electron chi connectivity index (χ3n) is 3.81. The Kier molecular flexibility index (Phi) is 15.0. The summed E-state index contributed by atoms with van der Waals surface area (Å²) in [6.07, 6.45) is 14.3. The molecule has 0 saturated carbocycles. The van der Waals surface area contributed by atoms with Crippen LogP contribution in [0.5, 0.6) is 0 Å². The van der Waals surface area contributed by atoms with Gasteiger partial charge in [0.05, 0.1) is 6.54 Å². The average molecular weight is 339 g/mol. The number of carbonyl (C=O) groups excluding carboxylic acids is 3. The van der Waals surface area contributed by atoms with Crippen LogP contribution in [0, 0.1) is 0 Å². The predicted molar refractivity (Wildman–Crippen MR) is 96.2 cm³/mol. The molecule has 0 atom stereocenters. The van der Waals surface area contributed by atoms with Crippen molar-refractivity contribution in [2.24, 2.45) is 11.5 Å². The molecule has 0 heterocycles. The number of nitrogens with two attached hydrogens (primary N) is 2. The minimum atomic E-state index is -0.616. The Balaban J connectivity index is 3.22. The van der Waals surface area contributed by atoms with E-state index in [-0.39, 0.29) is 18.2 Å². The van der Waals surface area contributed by atoms with E-state index in [9.17, 15) is 14.4 Å². The van der Waals surface area contributed by atoms with E-state index >= 15 is 0 Å². The van der Waals surface area contributed by atoms with Gasteiger partial charge < -0.3 is 16.8 Å². The maximum atomic E-state index is 11.3. The van der Waals surface area contributed by atoms with Gasteiger partial charge in [-0.3, -0.25) is 14.4 Å². The second kappa shape index (κ2) is 16.2. The van der Waals surface area contributed by atoms with Gasteiger partial charge in [-0.15, -0.1) is 0 Å². The molecule has 0 fully saturated rings. The summed E-state index contributed by atoms with van der Waals surface area (Å²) in [4.78, 5) is 32.7. The lowest BCUT2D eigenvalue weighted by atomic mass is 10.0. The van der Waals surface area contributed by atoms with E-state index < -0.39 is 5.91 Å². The van der Waals surface area contributed by atoms with Crippen LogP contribution in [0.15, 0.2) is 12.2 Å². The maximum absolute atomic E-state index is 11.3. The van der Waals surface area contributed by atoms with Crippen molar-refractivity contribution in [2.75, 3.05) is 13.1 Å². The second-order valence-corrected chi connectivity index (χ2v) is 6.06. The minimum Gasteiger partial charge on any atom is -0.366 e. The van der Waals surface area contributed by atoms with Crippen molar-refractivity contribution in [1.82, 2.24) is 5.32 Å². The molecule has 0 aromatic heterocycles. The first-order valence-corrected chi connectivity index (χ1v) is 9.03. The highest BCUT2D eigenvalue weighted by atomic mass is 16.2. The lowest BCUT2D eigenvalue weighted by Gasteiger charge is -2.03. The molecular formula is C18H33N3O3. The molecule has 0 spiro atoms. The normalized spacial score (nSPS) is 10.9. The first kappa shape index (κ1) is 22.3. The second-order valence-electron chi connectivity index (χ2n) is 6.06. The first-order chi connectivity index (χ1) is 11.6. The van der Waals surface area contributed by atoms with Crippen LogP contribution in [0.3, 0.4) is 0 Å². The topological polar surface area (TPSA) is 115 Å². The fraction of sp³-hybridized carbons (Fsp3) is 0.722. The van der Waals surface area contributed by atoms with Crippen molar-refractivity contribution in [3.8, 4) is 0 Å². The molecule has 5 N–H and O–H groups in total. The molecule has 138 valence electrons. The highest BCUT2D eigenvalue weighted by molar-refractivity contribution is 5.95. The van der Waals surface area contributed by atoms with Crippen molar-refractivity contribution in [3.05, 3.63) is 12.2 Å². The Bertz CT molecular complexity index is 395. The zero-order chi connectivity index (χ0) is 18.0. The van der Waals surface area contributed by atoms with E-state index in [1.54, 1.807) is 0 Å². The summed E-state index contributed by atoms with van der Waals surface area (Å²) >= 11 is 0. The van der Waals surface area contributed by atoms with Gasteiger partial charge in [-0.05, 0) is 12.8 Å². The largest absolute Gasteiger partial charge is 0.366 e. The summed E-state index contributed by atoms with van der Waals surface area (Å²) in [6.45, 7) is 0.803. The van der Waals surface area contributed by atoms with Gasteiger partial charge in [0.15, 0.2) is 0 Å². The van der Waals surface area contributed by atoms with E-state index in [4.69, 9.17) is 11.5 Å². The Morgan fingerprint density at radius 3 is 1.75 bits per heavy atom. The van der Waals surface area contributed by atoms with Crippen LogP contribution in [0.1, 0.15) is 70.6 Å². The molecule has 6 heteroatoms. The lowest BCUT2D eigenvalue weighted by Crippen LogP contribution is -2.22. The molecule has 0 aliphatic carbocycles. The molecule has 0 aliphatic heterocycles. The Morgan fingerprint density at radius 1 is 0.750 bits per heavy atom. The minimum absolute atomic E-state index is 0.162. The number of nitrogens with one attached hydrogen (secondary N) is 1. The summed E-state index contributed by atoms with van der Waals surface area (Å²) in [7, 11) is 0. The van der Waals surface area contributed by atoms with Gasteiger partial charge in [0.2, 0.25) is 11.8 Å². The number of carbonyl (C=O) groups is 3. The highest BCUT2D eigenvalue weighted by Crippen LogP contribution is 2.11.